The monoisotopic (exact) mass is 180 g/mol. The van der Waals surface area contributed by atoms with Crippen LogP contribution in [-0.4, -0.2) is 9.97 Å². The zero-order chi connectivity index (χ0) is 8.55. The summed E-state index contributed by atoms with van der Waals surface area (Å²) < 4.78 is 0. The molecular weight excluding hydrogens is 168 g/mol. The zero-order valence-electron chi connectivity index (χ0n) is 6.89. The minimum Gasteiger partial charge on any atom is -0.388 e. The molecule has 1 aliphatic carbocycles. The molecule has 3 heteroatoms. The van der Waals surface area contributed by atoms with Gasteiger partial charge in [-0.2, -0.15) is 0 Å². The van der Waals surface area contributed by atoms with E-state index in [1.165, 1.54) is 30.5 Å². The molecule has 0 fully saturated rings. The lowest BCUT2D eigenvalue weighted by atomic mass is 9.98. The molecule has 1 heterocycles. The number of aromatic amines is 1. The first kappa shape index (κ1) is 7.80. The lowest BCUT2D eigenvalue weighted by Gasteiger charge is -2.08. The summed E-state index contributed by atoms with van der Waals surface area (Å²) in [7, 11) is 0. The minimum absolute atomic E-state index is 0.476. The van der Waals surface area contributed by atoms with E-state index in [0.29, 0.717) is 4.99 Å². The average Bonchev–Trinajstić information content (AvgIpc) is 2.46. The summed E-state index contributed by atoms with van der Waals surface area (Å²) in [4.78, 5) is 3.74. The van der Waals surface area contributed by atoms with Crippen molar-refractivity contribution in [1.82, 2.24) is 4.98 Å². The normalized spacial score (nSPS) is 15.7. The third kappa shape index (κ3) is 1.25. The Labute approximate surface area is 77.2 Å². The van der Waals surface area contributed by atoms with Crippen molar-refractivity contribution in [1.29, 1.82) is 0 Å². The first-order valence-electron chi connectivity index (χ1n) is 4.28. The molecule has 0 radical (unpaired) electrons. The number of rotatable bonds is 1. The van der Waals surface area contributed by atoms with Crippen molar-refractivity contribution in [2.75, 3.05) is 0 Å². The van der Waals surface area contributed by atoms with Crippen LogP contribution in [0.15, 0.2) is 6.07 Å². The Kier molecular flexibility index (Phi) is 1.89. The summed E-state index contributed by atoms with van der Waals surface area (Å²) in [5, 5.41) is 0. The minimum atomic E-state index is 0.476. The molecule has 0 aromatic carbocycles. The molecule has 2 rings (SSSR count). The molecule has 0 saturated carbocycles. The van der Waals surface area contributed by atoms with Crippen LogP contribution >= 0.6 is 12.2 Å². The number of aryl methyl sites for hydroxylation is 2. The highest BCUT2D eigenvalue weighted by Gasteiger charge is 2.12. The van der Waals surface area contributed by atoms with Gasteiger partial charge >= 0.3 is 0 Å². The third-order valence-electron chi connectivity index (χ3n) is 2.38. The second-order valence-electron chi connectivity index (χ2n) is 3.26. The number of fused-ring (bicyclic) bond motifs is 1. The Bertz CT molecular complexity index is 291. The Morgan fingerprint density at radius 3 is 2.83 bits per heavy atom. The van der Waals surface area contributed by atoms with E-state index in [0.717, 1.165) is 12.1 Å². The van der Waals surface area contributed by atoms with Gasteiger partial charge in [0.2, 0.25) is 0 Å². The molecule has 0 bridgehead atoms. The van der Waals surface area contributed by atoms with Crippen LogP contribution < -0.4 is 5.73 Å². The van der Waals surface area contributed by atoms with Gasteiger partial charge in [0.15, 0.2) is 0 Å². The third-order valence-corrected chi connectivity index (χ3v) is 2.60. The Morgan fingerprint density at radius 1 is 1.42 bits per heavy atom. The van der Waals surface area contributed by atoms with Gasteiger partial charge in [-0.25, -0.2) is 0 Å². The van der Waals surface area contributed by atoms with Crippen LogP contribution in [0, 0.1) is 0 Å². The highest BCUT2D eigenvalue weighted by Crippen LogP contribution is 2.21. The van der Waals surface area contributed by atoms with Crippen molar-refractivity contribution in [3.63, 3.8) is 0 Å². The van der Waals surface area contributed by atoms with E-state index in [2.05, 4.69) is 11.1 Å². The molecule has 0 spiro atoms. The van der Waals surface area contributed by atoms with Gasteiger partial charge < -0.3 is 10.7 Å². The van der Waals surface area contributed by atoms with Gasteiger partial charge in [0.05, 0.1) is 5.69 Å². The standard InChI is InChI=1S/C9H12N2S/c10-9(12)8-5-6-3-1-2-4-7(6)11-8/h5,11H,1-4H2,(H2,10,12). The lowest BCUT2D eigenvalue weighted by molar-refractivity contribution is 0.677. The second kappa shape index (κ2) is 2.90. The number of aromatic nitrogens is 1. The maximum Gasteiger partial charge on any atom is 0.120 e. The SMILES string of the molecule is NC(=S)c1cc2c([nH]1)CCCC2. The van der Waals surface area contributed by atoms with Gasteiger partial charge in [-0.15, -0.1) is 0 Å². The van der Waals surface area contributed by atoms with Crippen LogP contribution in [0.4, 0.5) is 0 Å². The fourth-order valence-corrected chi connectivity index (χ4v) is 1.85. The highest BCUT2D eigenvalue weighted by molar-refractivity contribution is 7.80. The van der Waals surface area contributed by atoms with Crippen LogP contribution in [0.5, 0.6) is 0 Å². The Hall–Kier alpha value is -0.830. The molecular formula is C9H12N2S. The zero-order valence-corrected chi connectivity index (χ0v) is 7.71. The molecule has 0 unspecified atom stereocenters. The van der Waals surface area contributed by atoms with Gasteiger partial charge in [0.25, 0.3) is 0 Å². The number of hydrogen-bond acceptors (Lipinski definition) is 1. The average molecular weight is 180 g/mol. The predicted octanol–water partition coefficient (Wildman–Crippen LogP) is 1.53. The van der Waals surface area contributed by atoms with Crippen molar-refractivity contribution in [2.24, 2.45) is 5.73 Å². The predicted molar refractivity (Wildman–Crippen MR) is 53.3 cm³/mol. The molecule has 0 aliphatic heterocycles. The lowest BCUT2D eigenvalue weighted by Crippen LogP contribution is -2.09. The largest absolute Gasteiger partial charge is 0.388 e. The molecule has 2 nitrogen and oxygen atoms in total. The van der Waals surface area contributed by atoms with E-state index in [9.17, 15) is 0 Å². The van der Waals surface area contributed by atoms with Gasteiger partial charge in [-0.1, -0.05) is 12.2 Å². The molecule has 1 aromatic heterocycles. The van der Waals surface area contributed by atoms with Crippen molar-refractivity contribution in [2.45, 2.75) is 25.7 Å². The van der Waals surface area contributed by atoms with Crippen LogP contribution in [0.2, 0.25) is 0 Å². The summed E-state index contributed by atoms with van der Waals surface area (Å²) in [5.74, 6) is 0. The van der Waals surface area contributed by atoms with E-state index < -0.39 is 0 Å². The fourth-order valence-electron chi connectivity index (χ4n) is 1.74. The molecule has 0 atom stereocenters. The molecule has 1 aliphatic rings. The second-order valence-corrected chi connectivity index (χ2v) is 3.70. The summed E-state index contributed by atoms with van der Waals surface area (Å²) in [6.07, 6.45) is 4.90. The van der Waals surface area contributed by atoms with Gasteiger partial charge in [0.1, 0.15) is 4.99 Å². The highest BCUT2D eigenvalue weighted by atomic mass is 32.1. The van der Waals surface area contributed by atoms with E-state index in [-0.39, 0.29) is 0 Å². The first-order valence-corrected chi connectivity index (χ1v) is 4.69. The van der Waals surface area contributed by atoms with E-state index in [1.54, 1.807) is 0 Å². The Morgan fingerprint density at radius 2 is 2.17 bits per heavy atom. The number of nitrogens with one attached hydrogen (secondary N) is 1. The number of H-pyrrole nitrogens is 1. The molecule has 3 N–H and O–H groups in total. The van der Waals surface area contributed by atoms with Crippen molar-refractivity contribution in [3.8, 4) is 0 Å². The number of hydrogen-bond donors (Lipinski definition) is 2. The maximum atomic E-state index is 5.53. The molecule has 12 heavy (non-hydrogen) atoms. The fraction of sp³-hybridized carbons (Fsp3) is 0.444. The summed E-state index contributed by atoms with van der Waals surface area (Å²) in [5.41, 5.74) is 9.20. The quantitative estimate of drug-likeness (QED) is 0.643. The van der Waals surface area contributed by atoms with E-state index in [4.69, 9.17) is 18.0 Å². The number of thiocarbonyl (C=S) groups is 1. The first-order chi connectivity index (χ1) is 5.77. The number of nitrogens with two attached hydrogens (primary N) is 1. The van der Waals surface area contributed by atoms with Crippen LogP contribution in [0.25, 0.3) is 0 Å². The van der Waals surface area contributed by atoms with Crippen molar-refractivity contribution < 1.29 is 0 Å². The maximum absolute atomic E-state index is 5.53. The topological polar surface area (TPSA) is 41.8 Å². The summed E-state index contributed by atoms with van der Waals surface area (Å²) in [6, 6.07) is 2.09. The smallest absolute Gasteiger partial charge is 0.120 e. The Balaban J connectivity index is 2.38. The van der Waals surface area contributed by atoms with Gasteiger partial charge in [-0.05, 0) is 37.3 Å². The van der Waals surface area contributed by atoms with Gasteiger partial charge in [-0.3, -0.25) is 0 Å². The van der Waals surface area contributed by atoms with E-state index in [1.807, 2.05) is 0 Å². The molecule has 0 saturated heterocycles. The summed E-state index contributed by atoms with van der Waals surface area (Å²) >= 11 is 4.90. The van der Waals surface area contributed by atoms with Crippen molar-refractivity contribution in [3.05, 3.63) is 23.0 Å². The van der Waals surface area contributed by atoms with Crippen LogP contribution in [-0.2, 0) is 12.8 Å². The van der Waals surface area contributed by atoms with E-state index >= 15 is 0 Å². The molecule has 64 valence electrons. The van der Waals surface area contributed by atoms with Gasteiger partial charge in [0, 0.05) is 5.69 Å². The molecule has 1 aromatic rings. The summed E-state index contributed by atoms with van der Waals surface area (Å²) in [6.45, 7) is 0. The molecule has 0 amide bonds. The van der Waals surface area contributed by atoms with Crippen molar-refractivity contribution >= 4 is 17.2 Å². The van der Waals surface area contributed by atoms with Crippen LogP contribution in [0.3, 0.4) is 0 Å². The van der Waals surface area contributed by atoms with Crippen LogP contribution in [0.1, 0.15) is 29.8 Å².